The van der Waals surface area contributed by atoms with E-state index in [1.807, 2.05) is 0 Å². The van der Waals surface area contributed by atoms with Crippen LogP contribution in [-0.2, 0) is 20.4 Å². The van der Waals surface area contributed by atoms with Crippen molar-refractivity contribution in [3.05, 3.63) is 29.6 Å². The third-order valence-corrected chi connectivity index (χ3v) is 4.54. The van der Waals surface area contributed by atoms with E-state index in [0.717, 1.165) is 0 Å². The van der Waals surface area contributed by atoms with Gasteiger partial charge in [0.25, 0.3) is 0 Å². The number of hydrogen-bond acceptors (Lipinski definition) is 5. The topological polar surface area (TPSA) is 108 Å². The number of carboxylic acids is 1. The second kappa shape index (κ2) is 5.60. The molecule has 0 radical (unpaired) electrons. The molecule has 1 heterocycles. The highest BCUT2D eigenvalue weighted by molar-refractivity contribution is 7.91. The van der Waals surface area contributed by atoms with Crippen LogP contribution in [-0.4, -0.2) is 29.7 Å². The Balaban J connectivity index is 2.96. The summed E-state index contributed by atoms with van der Waals surface area (Å²) in [6, 6.07) is 4.84. The van der Waals surface area contributed by atoms with Gasteiger partial charge in [0.15, 0.2) is 9.84 Å². The van der Waals surface area contributed by atoms with Crippen LogP contribution in [0.4, 0.5) is 0 Å². The first-order valence-electron chi connectivity index (χ1n) is 5.14. The maximum atomic E-state index is 11.9. The number of aliphatic carboxylic acids is 1. The van der Waals surface area contributed by atoms with Crippen molar-refractivity contribution in [2.75, 3.05) is 0 Å². The molecule has 0 saturated carbocycles. The fraction of sp³-hybridized carbons (Fsp3) is 0.364. The van der Waals surface area contributed by atoms with Crippen molar-refractivity contribution in [1.82, 2.24) is 4.98 Å². The Morgan fingerprint density at radius 3 is 2.83 bits per heavy atom. The lowest BCUT2D eigenvalue weighted by molar-refractivity contribution is -0.136. The summed E-state index contributed by atoms with van der Waals surface area (Å²) >= 11 is 0. The molecule has 0 spiro atoms. The van der Waals surface area contributed by atoms with E-state index in [0.29, 0.717) is 0 Å². The maximum absolute atomic E-state index is 11.9. The number of hydrogen-bond donors (Lipinski definition) is 1. The second-order valence-electron chi connectivity index (χ2n) is 3.84. The molecular formula is C11H12N2O4S. The molecule has 0 saturated heterocycles. The molecular weight excluding hydrogens is 256 g/mol. The Bertz CT molecular complexity index is 589. The fourth-order valence-corrected chi connectivity index (χ4v) is 2.74. The average molecular weight is 268 g/mol. The first-order chi connectivity index (χ1) is 8.36. The first kappa shape index (κ1) is 14.1. The molecule has 1 aromatic heterocycles. The molecule has 0 bridgehead atoms. The third kappa shape index (κ3) is 3.53. The van der Waals surface area contributed by atoms with E-state index in [9.17, 15) is 13.2 Å². The fourth-order valence-electron chi connectivity index (χ4n) is 1.39. The predicted molar refractivity (Wildman–Crippen MR) is 63.3 cm³/mol. The van der Waals surface area contributed by atoms with Crippen LogP contribution in [0.3, 0.4) is 0 Å². The maximum Gasteiger partial charge on any atom is 0.304 e. The van der Waals surface area contributed by atoms with Crippen molar-refractivity contribution in [3.63, 3.8) is 0 Å². The zero-order valence-corrected chi connectivity index (χ0v) is 10.5. The Kier molecular flexibility index (Phi) is 4.39. The van der Waals surface area contributed by atoms with E-state index in [2.05, 4.69) is 4.98 Å². The monoisotopic (exact) mass is 268 g/mol. The highest BCUT2D eigenvalue weighted by atomic mass is 32.2. The highest BCUT2D eigenvalue weighted by Gasteiger charge is 2.24. The molecule has 0 aliphatic heterocycles. The highest BCUT2D eigenvalue weighted by Crippen LogP contribution is 2.15. The summed E-state index contributed by atoms with van der Waals surface area (Å²) in [6.07, 6.45) is 0.944. The van der Waals surface area contributed by atoms with Crippen molar-refractivity contribution in [3.8, 4) is 6.07 Å². The van der Waals surface area contributed by atoms with Crippen LogP contribution in [0, 0.1) is 11.3 Å². The number of pyridine rings is 1. The molecule has 6 nitrogen and oxygen atoms in total. The van der Waals surface area contributed by atoms with Crippen molar-refractivity contribution in [2.45, 2.75) is 24.3 Å². The predicted octanol–water partition coefficient (Wildman–Crippen LogP) is 0.731. The van der Waals surface area contributed by atoms with E-state index < -0.39 is 27.5 Å². The van der Waals surface area contributed by atoms with E-state index in [-0.39, 0.29) is 17.0 Å². The molecule has 96 valence electrons. The Morgan fingerprint density at radius 1 is 1.61 bits per heavy atom. The number of nitriles is 1. The van der Waals surface area contributed by atoms with Gasteiger partial charge >= 0.3 is 5.97 Å². The summed E-state index contributed by atoms with van der Waals surface area (Å²) in [5, 5.41) is 16.4. The van der Waals surface area contributed by atoms with Gasteiger partial charge in [0, 0.05) is 11.8 Å². The molecule has 0 aliphatic carbocycles. The molecule has 1 N–H and O–H groups in total. The SMILES string of the molecule is CC(CC(=O)O)S(=O)(=O)Cc1cccnc1C#N. The minimum atomic E-state index is -3.61. The van der Waals surface area contributed by atoms with E-state index >= 15 is 0 Å². The van der Waals surface area contributed by atoms with Crippen molar-refractivity contribution < 1.29 is 18.3 Å². The smallest absolute Gasteiger partial charge is 0.304 e. The number of sulfone groups is 1. The van der Waals surface area contributed by atoms with Crippen LogP contribution in [0.25, 0.3) is 0 Å². The van der Waals surface area contributed by atoms with E-state index in [4.69, 9.17) is 10.4 Å². The number of nitrogens with zero attached hydrogens (tertiary/aromatic N) is 2. The van der Waals surface area contributed by atoms with Crippen molar-refractivity contribution in [2.24, 2.45) is 0 Å². The van der Waals surface area contributed by atoms with E-state index in [1.165, 1.54) is 25.3 Å². The zero-order chi connectivity index (χ0) is 13.8. The number of carbonyl (C=O) groups is 1. The largest absolute Gasteiger partial charge is 0.481 e. The summed E-state index contributed by atoms with van der Waals surface area (Å²) in [4.78, 5) is 14.3. The Morgan fingerprint density at radius 2 is 2.28 bits per heavy atom. The summed E-state index contributed by atoms with van der Waals surface area (Å²) in [7, 11) is -3.61. The number of aromatic nitrogens is 1. The van der Waals surface area contributed by atoms with Crippen molar-refractivity contribution in [1.29, 1.82) is 5.26 Å². The molecule has 0 aliphatic rings. The lowest BCUT2D eigenvalue weighted by Gasteiger charge is -2.11. The quantitative estimate of drug-likeness (QED) is 0.843. The molecule has 18 heavy (non-hydrogen) atoms. The van der Waals surface area contributed by atoms with Crippen LogP contribution in [0.5, 0.6) is 0 Å². The minimum Gasteiger partial charge on any atom is -0.481 e. The van der Waals surface area contributed by atoms with Gasteiger partial charge in [0.2, 0.25) is 0 Å². The van der Waals surface area contributed by atoms with Gasteiger partial charge in [-0.15, -0.1) is 0 Å². The summed E-state index contributed by atoms with van der Waals surface area (Å²) in [6.45, 7) is 1.34. The second-order valence-corrected chi connectivity index (χ2v) is 6.26. The van der Waals surface area contributed by atoms with Crippen LogP contribution < -0.4 is 0 Å². The van der Waals surface area contributed by atoms with Crippen LogP contribution in [0.2, 0.25) is 0 Å². The number of rotatable bonds is 5. The Labute approximate surface area is 105 Å². The van der Waals surface area contributed by atoms with Gasteiger partial charge in [-0.05, 0) is 13.0 Å². The average Bonchev–Trinajstić information content (AvgIpc) is 2.28. The molecule has 7 heteroatoms. The van der Waals surface area contributed by atoms with Gasteiger partial charge in [-0.2, -0.15) is 5.26 Å². The summed E-state index contributed by atoms with van der Waals surface area (Å²) < 4.78 is 23.8. The molecule has 0 fully saturated rings. The lowest BCUT2D eigenvalue weighted by Crippen LogP contribution is -2.23. The van der Waals surface area contributed by atoms with Gasteiger partial charge in [-0.25, -0.2) is 13.4 Å². The molecule has 1 rings (SSSR count). The van der Waals surface area contributed by atoms with Gasteiger partial charge < -0.3 is 5.11 Å². The van der Waals surface area contributed by atoms with Crippen LogP contribution >= 0.6 is 0 Å². The summed E-state index contributed by atoms with van der Waals surface area (Å²) in [5.41, 5.74) is 0.334. The van der Waals surface area contributed by atoms with Crippen LogP contribution in [0.1, 0.15) is 24.6 Å². The van der Waals surface area contributed by atoms with E-state index in [1.54, 1.807) is 6.07 Å². The summed E-state index contributed by atoms with van der Waals surface area (Å²) in [5.74, 6) is -1.55. The molecule has 1 aromatic rings. The standard InChI is InChI=1S/C11H12N2O4S/c1-8(5-11(14)15)18(16,17)7-9-3-2-4-13-10(9)6-12/h2-4,8H,5,7H2,1H3,(H,14,15). The Hall–Kier alpha value is -1.94. The minimum absolute atomic E-state index is 0.0450. The van der Waals surface area contributed by atoms with Gasteiger partial charge in [-0.1, -0.05) is 6.07 Å². The van der Waals surface area contributed by atoms with Gasteiger partial charge in [0.1, 0.15) is 11.8 Å². The zero-order valence-electron chi connectivity index (χ0n) is 9.70. The molecule has 0 aromatic carbocycles. The van der Waals surface area contributed by atoms with Crippen LogP contribution in [0.15, 0.2) is 18.3 Å². The first-order valence-corrected chi connectivity index (χ1v) is 6.85. The normalized spacial score (nSPS) is 12.7. The van der Waals surface area contributed by atoms with Crippen molar-refractivity contribution >= 4 is 15.8 Å². The van der Waals surface area contributed by atoms with Gasteiger partial charge in [0.05, 0.1) is 17.4 Å². The lowest BCUT2D eigenvalue weighted by atomic mass is 10.2. The molecule has 1 atom stereocenters. The number of carboxylic acid groups (broad SMARTS) is 1. The van der Waals surface area contributed by atoms with Gasteiger partial charge in [-0.3, -0.25) is 4.79 Å². The molecule has 1 unspecified atom stereocenters. The molecule has 0 amide bonds. The third-order valence-electron chi connectivity index (χ3n) is 2.43.